The molecular formula is C8H9N5O. The number of nitrogens with two attached hydrogens (primary N) is 2. The number of hydrogen-bond donors (Lipinski definition) is 2. The van der Waals surface area contributed by atoms with Crippen LogP contribution >= 0.6 is 0 Å². The first-order chi connectivity index (χ1) is 6.68. The smallest absolute Gasteiger partial charge is 0.239 e. The first-order valence-electron chi connectivity index (χ1n) is 4.03. The molecule has 4 N–H and O–H groups in total. The van der Waals surface area contributed by atoms with Gasteiger partial charge in [-0.2, -0.15) is 5.10 Å². The summed E-state index contributed by atoms with van der Waals surface area (Å²) >= 11 is 0. The van der Waals surface area contributed by atoms with Gasteiger partial charge in [0.15, 0.2) is 0 Å². The molecule has 0 radical (unpaired) electrons. The predicted molar refractivity (Wildman–Crippen MR) is 51.1 cm³/mol. The number of carbonyl (C=O) groups excluding carboxylic acids is 1. The molecule has 0 saturated carbocycles. The summed E-state index contributed by atoms with van der Waals surface area (Å²) in [6.45, 7) is 0.0133. The standard InChI is InChI=1S/C8H9N5O/c9-6(14)4-13-7-5(3-12-13)1-2-11-8(7)10/h1-3H,4H2,(H2,9,14)(H2,10,11). The third-order valence-corrected chi connectivity index (χ3v) is 1.88. The second kappa shape index (κ2) is 2.99. The molecule has 2 aromatic rings. The van der Waals surface area contributed by atoms with Gasteiger partial charge in [-0.3, -0.25) is 9.48 Å². The quantitative estimate of drug-likeness (QED) is 0.668. The highest BCUT2D eigenvalue weighted by Crippen LogP contribution is 2.17. The van der Waals surface area contributed by atoms with Crippen LogP contribution in [-0.2, 0) is 11.3 Å². The molecule has 0 aliphatic rings. The molecule has 2 heterocycles. The van der Waals surface area contributed by atoms with Gasteiger partial charge in [0, 0.05) is 11.6 Å². The van der Waals surface area contributed by atoms with Crippen molar-refractivity contribution in [1.29, 1.82) is 0 Å². The predicted octanol–water partition coefficient (Wildman–Crippen LogP) is -0.501. The Hall–Kier alpha value is -2.11. The lowest BCUT2D eigenvalue weighted by Gasteiger charge is -2.01. The van der Waals surface area contributed by atoms with Crippen LogP contribution in [0.5, 0.6) is 0 Å². The number of hydrogen-bond acceptors (Lipinski definition) is 4. The molecule has 0 fully saturated rings. The minimum Gasteiger partial charge on any atom is -0.382 e. The molecule has 2 rings (SSSR count). The van der Waals surface area contributed by atoms with Gasteiger partial charge < -0.3 is 11.5 Å². The van der Waals surface area contributed by atoms with Gasteiger partial charge in [-0.1, -0.05) is 0 Å². The Labute approximate surface area is 79.5 Å². The minimum atomic E-state index is -0.460. The topological polar surface area (TPSA) is 99.8 Å². The lowest BCUT2D eigenvalue weighted by molar-refractivity contribution is -0.118. The number of rotatable bonds is 2. The fourth-order valence-electron chi connectivity index (χ4n) is 1.33. The van der Waals surface area contributed by atoms with Crippen LogP contribution in [0, 0.1) is 0 Å². The van der Waals surface area contributed by atoms with Crippen LogP contribution in [0.2, 0.25) is 0 Å². The van der Waals surface area contributed by atoms with Crippen LogP contribution in [0.3, 0.4) is 0 Å². The second-order valence-electron chi connectivity index (χ2n) is 2.90. The molecule has 0 aromatic carbocycles. The Morgan fingerprint density at radius 3 is 3.07 bits per heavy atom. The molecule has 72 valence electrons. The lowest BCUT2D eigenvalue weighted by atomic mass is 10.3. The summed E-state index contributed by atoms with van der Waals surface area (Å²) in [4.78, 5) is 14.6. The number of aromatic nitrogens is 3. The van der Waals surface area contributed by atoms with E-state index in [2.05, 4.69) is 10.1 Å². The molecule has 0 aliphatic carbocycles. The largest absolute Gasteiger partial charge is 0.382 e. The van der Waals surface area contributed by atoms with Crippen LogP contribution < -0.4 is 11.5 Å². The Balaban J connectivity index is 2.61. The van der Waals surface area contributed by atoms with Gasteiger partial charge in [0.2, 0.25) is 5.91 Å². The fourth-order valence-corrected chi connectivity index (χ4v) is 1.33. The number of primary amides is 1. The van der Waals surface area contributed by atoms with Gasteiger partial charge in [-0.15, -0.1) is 0 Å². The van der Waals surface area contributed by atoms with Crippen molar-refractivity contribution in [3.05, 3.63) is 18.5 Å². The number of nitrogen functional groups attached to an aromatic ring is 1. The molecular weight excluding hydrogens is 182 g/mol. The number of nitrogens with zero attached hydrogens (tertiary/aromatic N) is 3. The van der Waals surface area contributed by atoms with Crippen LogP contribution in [0.15, 0.2) is 18.5 Å². The third kappa shape index (κ3) is 1.26. The van der Waals surface area contributed by atoms with E-state index in [4.69, 9.17) is 11.5 Å². The monoisotopic (exact) mass is 191 g/mol. The van der Waals surface area contributed by atoms with Crippen molar-refractivity contribution in [3.63, 3.8) is 0 Å². The summed E-state index contributed by atoms with van der Waals surface area (Å²) in [6.07, 6.45) is 3.21. The summed E-state index contributed by atoms with van der Waals surface area (Å²) in [5.41, 5.74) is 11.4. The van der Waals surface area contributed by atoms with Gasteiger partial charge >= 0.3 is 0 Å². The highest BCUT2D eigenvalue weighted by molar-refractivity contribution is 5.88. The van der Waals surface area contributed by atoms with E-state index in [0.717, 1.165) is 5.39 Å². The van der Waals surface area contributed by atoms with Crippen LogP contribution in [0.25, 0.3) is 10.9 Å². The summed E-state index contributed by atoms with van der Waals surface area (Å²) in [5, 5.41) is 4.84. The Morgan fingerprint density at radius 2 is 2.36 bits per heavy atom. The van der Waals surface area contributed by atoms with Crippen LogP contribution in [0.4, 0.5) is 5.82 Å². The maximum atomic E-state index is 10.7. The van der Waals surface area contributed by atoms with Gasteiger partial charge in [-0.05, 0) is 6.07 Å². The summed E-state index contributed by atoms with van der Waals surface area (Å²) in [6, 6.07) is 1.77. The maximum Gasteiger partial charge on any atom is 0.239 e. The highest BCUT2D eigenvalue weighted by atomic mass is 16.1. The maximum absolute atomic E-state index is 10.7. The summed E-state index contributed by atoms with van der Waals surface area (Å²) in [7, 11) is 0. The Bertz CT molecular complexity index is 489. The van der Waals surface area contributed by atoms with Crippen molar-refractivity contribution in [2.24, 2.45) is 5.73 Å². The van der Waals surface area contributed by atoms with E-state index in [1.54, 1.807) is 18.5 Å². The zero-order valence-electron chi connectivity index (χ0n) is 7.34. The molecule has 14 heavy (non-hydrogen) atoms. The molecule has 0 aliphatic heterocycles. The highest BCUT2D eigenvalue weighted by Gasteiger charge is 2.07. The molecule has 0 atom stereocenters. The number of anilines is 1. The average molecular weight is 191 g/mol. The van der Waals surface area contributed by atoms with Crippen molar-refractivity contribution in [3.8, 4) is 0 Å². The van der Waals surface area contributed by atoms with Crippen molar-refractivity contribution in [2.45, 2.75) is 6.54 Å². The summed E-state index contributed by atoms with van der Waals surface area (Å²) < 4.78 is 1.44. The number of amides is 1. The molecule has 0 unspecified atom stereocenters. The summed E-state index contributed by atoms with van der Waals surface area (Å²) in [5.74, 6) is -0.112. The van der Waals surface area contributed by atoms with E-state index in [-0.39, 0.29) is 6.54 Å². The lowest BCUT2D eigenvalue weighted by Crippen LogP contribution is -2.19. The van der Waals surface area contributed by atoms with Crippen LogP contribution in [0.1, 0.15) is 0 Å². The number of carbonyl (C=O) groups is 1. The van der Waals surface area contributed by atoms with Crippen molar-refractivity contribution in [1.82, 2.24) is 14.8 Å². The number of pyridine rings is 1. The zero-order valence-corrected chi connectivity index (χ0v) is 7.34. The molecule has 6 nitrogen and oxygen atoms in total. The van der Waals surface area contributed by atoms with Crippen LogP contribution in [-0.4, -0.2) is 20.7 Å². The molecule has 1 amide bonds. The third-order valence-electron chi connectivity index (χ3n) is 1.88. The molecule has 0 saturated heterocycles. The first kappa shape index (κ1) is 8.49. The Kier molecular flexibility index (Phi) is 1.81. The first-order valence-corrected chi connectivity index (χ1v) is 4.03. The number of fused-ring (bicyclic) bond motifs is 1. The van der Waals surface area contributed by atoms with E-state index in [9.17, 15) is 4.79 Å². The van der Waals surface area contributed by atoms with Crippen molar-refractivity contribution >= 4 is 22.6 Å². The second-order valence-corrected chi connectivity index (χ2v) is 2.90. The SMILES string of the molecule is NC(=O)Cn1ncc2ccnc(N)c21. The van der Waals surface area contributed by atoms with Gasteiger partial charge in [0.25, 0.3) is 0 Å². The average Bonchev–Trinajstić information content (AvgIpc) is 2.49. The van der Waals surface area contributed by atoms with Gasteiger partial charge in [-0.25, -0.2) is 4.98 Å². The Morgan fingerprint density at radius 1 is 1.57 bits per heavy atom. The van der Waals surface area contributed by atoms with Crippen molar-refractivity contribution in [2.75, 3.05) is 5.73 Å². The van der Waals surface area contributed by atoms with Gasteiger partial charge in [0.05, 0.1) is 6.20 Å². The van der Waals surface area contributed by atoms with E-state index >= 15 is 0 Å². The molecule has 0 bridgehead atoms. The van der Waals surface area contributed by atoms with E-state index in [0.29, 0.717) is 11.3 Å². The van der Waals surface area contributed by atoms with Crippen molar-refractivity contribution < 1.29 is 4.79 Å². The molecule has 2 aromatic heterocycles. The van der Waals surface area contributed by atoms with E-state index in [1.807, 2.05) is 0 Å². The van der Waals surface area contributed by atoms with E-state index in [1.165, 1.54) is 4.68 Å². The molecule has 6 heteroatoms. The van der Waals surface area contributed by atoms with Gasteiger partial charge in [0.1, 0.15) is 17.9 Å². The van der Waals surface area contributed by atoms with E-state index < -0.39 is 5.91 Å². The fraction of sp³-hybridized carbons (Fsp3) is 0.125. The zero-order chi connectivity index (χ0) is 10.1. The minimum absolute atomic E-state index is 0.0133. The molecule has 0 spiro atoms. The normalized spacial score (nSPS) is 10.6.